The van der Waals surface area contributed by atoms with E-state index >= 15 is 0 Å². The van der Waals surface area contributed by atoms with E-state index in [0.29, 0.717) is 6.04 Å². The van der Waals surface area contributed by atoms with Crippen LogP contribution in [-0.2, 0) is 7.05 Å². The van der Waals surface area contributed by atoms with Gasteiger partial charge in [-0.05, 0) is 43.5 Å². The Kier molecular flexibility index (Phi) is 4.18. The molecule has 0 unspecified atom stereocenters. The Bertz CT molecular complexity index is 1010. The summed E-state index contributed by atoms with van der Waals surface area (Å²) in [5.41, 5.74) is 3.93. The monoisotopic (exact) mass is 352 g/mol. The summed E-state index contributed by atoms with van der Waals surface area (Å²) < 4.78 is 8.91. The molecule has 6 nitrogen and oxygen atoms in total. The van der Waals surface area contributed by atoms with Gasteiger partial charge in [0, 0.05) is 24.8 Å². The fourth-order valence-corrected chi connectivity index (χ4v) is 3.88. The van der Waals surface area contributed by atoms with E-state index in [4.69, 9.17) is 4.74 Å². The van der Waals surface area contributed by atoms with Gasteiger partial charge in [0.2, 0.25) is 0 Å². The summed E-state index contributed by atoms with van der Waals surface area (Å²) in [4.78, 5) is 17.2. The molecule has 1 aliphatic rings. The normalized spacial score (nSPS) is 14.9. The first kappa shape index (κ1) is 16.7. The zero-order valence-electron chi connectivity index (χ0n) is 15.5. The largest absolute Gasteiger partial charge is 0.497 e. The summed E-state index contributed by atoms with van der Waals surface area (Å²) in [5, 5.41) is 3.37. The molecule has 1 N–H and O–H groups in total. The van der Waals surface area contributed by atoms with Crippen molar-refractivity contribution in [2.45, 2.75) is 38.6 Å². The fraction of sp³-hybridized carbons (Fsp3) is 0.400. The smallest absolute Gasteiger partial charge is 0.329 e. The lowest BCUT2D eigenvalue weighted by Gasteiger charge is -2.13. The molecule has 0 radical (unpaired) electrons. The van der Waals surface area contributed by atoms with Crippen LogP contribution in [0, 0.1) is 6.92 Å². The molecular formula is C20H24N4O2. The number of rotatable bonds is 4. The second kappa shape index (κ2) is 6.52. The van der Waals surface area contributed by atoms with Crippen molar-refractivity contribution in [3.8, 4) is 5.75 Å². The summed E-state index contributed by atoms with van der Waals surface area (Å²) in [7, 11) is 3.48. The van der Waals surface area contributed by atoms with Crippen molar-refractivity contribution in [3.05, 3.63) is 46.5 Å². The van der Waals surface area contributed by atoms with Crippen molar-refractivity contribution >= 4 is 22.5 Å². The zero-order valence-corrected chi connectivity index (χ0v) is 15.5. The van der Waals surface area contributed by atoms with Crippen LogP contribution in [0.3, 0.4) is 0 Å². The molecule has 1 aromatic carbocycles. The number of hydrogen-bond acceptors (Lipinski definition) is 4. The van der Waals surface area contributed by atoms with Gasteiger partial charge in [-0.1, -0.05) is 12.8 Å². The highest BCUT2D eigenvalue weighted by Gasteiger charge is 2.23. The van der Waals surface area contributed by atoms with Crippen LogP contribution in [0.2, 0.25) is 0 Å². The number of hydrogen-bond donors (Lipinski definition) is 1. The maximum Gasteiger partial charge on any atom is 0.329 e. The van der Waals surface area contributed by atoms with Crippen LogP contribution in [0.1, 0.15) is 37.3 Å². The molecule has 2 aromatic heterocycles. The number of aryl methyl sites for hydroxylation is 2. The van der Waals surface area contributed by atoms with Crippen LogP contribution in [0.15, 0.2) is 35.3 Å². The van der Waals surface area contributed by atoms with Gasteiger partial charge in [-0.15, -0.1) is 0 Å². The Morgan fingerprint density at radius 2 is 1.96 bits per heavy atom. The molecule has 3 aromatic rings. The molecule has 136 valence electrons. The average molecular weight is 352 g/mol. The number of imidazole rings is 1. The highest BCUT2D eigenvalue weighted by atomic mass is 16.5. The molecule has 26 heavy (non-hydrogen) atoms. The maximum atomic E-state index is 12.7. The molecule has 0 aliphatic heterocycles. The van der Waals surface area contributed by atoms with Gasteiger partial charge in [0.15, 0.2) is 0 Å². The fourth-order valence-electron chi connectivity index (χ4n) is 3.88. The number of methoxy groups -OCH3 is 1. The Hall–Kier alpha value is -2.76. The Balaban J connectivity index is 1.75. The predicted molar refractivity (Wildman–Crippen MR) is 103 cm³/mol. The number of nitrogens with zero attached hydrogens (tertiary/aromatic N) is 3. The number of ether oxygens (including phenoxy) is 1. The van der Waals surface area contributed by atoms with E-state index in [1.807, 2.05) is 42.8 Å². The van der Waals surface area contributed by atoms with Crippen molar-refractivity contribution in [2.24, 2.45) is 7.05 Å². The Morgan fingerprint density at radius 3 is 2.65 bits per heavy atom. The van der Waals surface area contributed by atoms with Gasteiger partial charge in [-0.2, -0.15) is 0 Å². The number of pyridine rings is 1. The number of fused-ring (bicyclic) bond motifs is 1. The number of aromatic nitrogens is 3. The molecule has 0 atom stereocenters. The summed E-state index contributed by atoms with van der Waals surface area (Å²) in [5.74, 6) is 1.57. The third-order valence-corrected chi connectivity index (χ3v) is 5.36. The van der Waals surface area contributed by atoms with Gasteiger partial charge in [0.05, 0.1) is 24.3 Å². The molecule has 1 aliphatic carbocycles. The highest BCUT2D eigenvalue weighted by Crippen LogP contribution is 2.32. The van der Waals surface area contributed by atoms with Crippen LogP contribution in [0.4, 0.5) is 11.5 Å². The minimum absolute atomic E-state index is 0.0477. The quantitative estimate of drug-likeness (QED) is 0.773. The van der Waals surface area contributed by atoms with E-state index in [1.54, 1.807) is 17.9 Å². The third kappa shape index (κ3) is 2.75. The van der Waals surface area contributed by atoms with Crippen molar-refractivity contribution < 1.29 is 4.74 Å². The van der Waals surface area contributed by atoms with Crippen molar-refractivity contribution in [1.29, 1.82) is 0 Å². The van der Waals surface area contributed by atoms with Gasteiger partial charge < -0.3 is 10.1 Å². The highest BCUT2D eigenvalue weighted by molar-refractivity contribution is 5.79. The molecule has 0 amide bonds. The summed E-state index contributed by atoms with van der Waals surface area (Å²) in [6, 6.07) is 8.17. The Labute approximate surface area is 152 Å². The molecule has 2 heterocycles. The second-order valence-electron chi connectivity index (χ2n) is 7.01. The van der Waals surface area contributed by atoms with Gasteiger partial charge in [-0.25, -0.2) is 9.78 Å². The van der Waals surface area contributed by atoms with Crippen LogP contribution < -0.4 is 15.7 Å². The lowest BCUT2D eigenvalue weighted by Crippen LogP contribution is -2.24. The van der Waals surface area contributed by atoms with Gasteiger partial charge in [0.1, 0.15) is 11.6 Å². The van der Waals surface area contributed by atoms with Crippen LogP contribution in [0.5, 0.6) is 5.75 Å². The molecule has 0 bridgehead atoms. The van der Waals surface area contributed by atoms with E-state index in [1.165, 1.54) is 12.8 Å². The van der Waals surface area contributed by atoms with E-state index in [0.717, 1.165) is 46.7 Å². The lowest BCUT2D eigenvalue weighted by molar-refractivity contribution is 0.414. The number of anilines is 2. The van der Waals surface area contributed by atoms with Crippen molar-refractivity contribution in [2.75, 3.05) is 12.4 Å². The van der Waals surface area contributed by atoms with Crippen LogP contribution in [0.25, 0.3) is 11.0 Å². The SMILES string of the molecule is COc1ccc(Nc2cc3c(cn2)n(C)c(=O)n3C2CCCC2)c(C)c1. The maximum absolute atomic E-state index is 12.7. The zero-order chi connectivity index (χ0) is 18.3. The predicted octanol–water partition coefficient (Wildman–Crippen LogP) is 3.91. The summed E-state index contributed by atoms with van der Waals surface area (Å²) >= 11 is 0. The molecule has 4 rings (SSSR count). The molecule has 1 saturated carbocycles. The standard InChI is InChI=1S/C20H24N4O2/c1-13-10-15(26-3)8-9-16(13)22-19-11-17-18(12-21-19)23(2)20(25)24(17)14-6-4-5-7-14/h8-12,14H,4-7H2,1-3H3,(H,21,22). The summed E-state index contributed by atoms with van der Waals surface area (Å²) in [6.45, 7) is 2.03. The molecule has 0 spiro atoms. The average Bonchev–Trinajstić information content (AvgIpc) is 3.24. The molecular weight excluding hydrogens is 328 g/mol. The van der Waals surface area contributed by atoms with E-state index in [9.17, 15) is 4.79 Å². The minimum Gasteiger partial charge on any atom is -0.497 e. The topological polar surface area (TPSA) is 61.1 Å². The van der Waals surface area contributed by atoms with E-state index < -0.39 is 0 Å². The molecule has 0 saturated heterocycles. The van der Waals surface area contributed by atoms with Gasteiger partial charge >= 0.3 is 5.69 Å². The van der Waals surface area contributed by atoms with Crippen LogP contribution in [-0.4, -0.2) is 21.2 Å². The lowest BCUT2D eigenvalue weighted by atomic mass is 10.2. The third-order valence-electron chi connectivity index (χ3n) is 5.36. The second-order valence-corrected chi connectivity index (χ2v) is 7.01. The number of benzene rings is 1. The van der Waals surface area contributed by atoms with E-state index in [2.05, 4.69) is 10.3 Å². The first-order valence-electron chi connectivity index (χ1n) is 9.07. The molecule has 1 fully saturated rings. The van der Waals surface area contributed by atoms with Gasteiger partial charge in [0.25, 0.3) is 0 Å². The first-order valence-corrected chi connectivity index (χ1v) is 9.07. The first-order chi connectivity index (χ1) is 12.6. The van der Waals surface area contributed by atoms with E-state index in [-0.39, 0.29) is 5.69 Å². The summed E-state index contributed by atoms with van der Waals surface area (Å²) in [6.07, 6.45) is 6.30. The molecule has 6 heteroatoms. The minimum atomic E-state index is 0.0477. The van der Waals surface area contributed by atoms with Crippen molar-refractivity contribution in [1.82, 2.24) is 14.1 Å². The van der Waals surface area contributed by atoms with Crippen molar-refractivity contribution in [3.63, 3.8) is 0 Å². The Morgan fingerprint density at radius 1 is 1.19 bits per heavy atom. The van der Waals surface area contributed by atoms with Crippen LogP contribution >= 0.6 is 0 Å². The van der Waals surface area contributed by atoms with Gasteiger partial charge in [-0.3, -0.25) is 9.13 Å². The number of nitrogens with one attached hydrogen (secondary N) is 1.